The molecule has 0 unspecified atom stereocenters. The second-order valence-electron chi connectivity index (χ2n) is 12.7. The van der Waals surface area contributed by atoms with E-state index >= 15 is 0 Å². The van der Waals surface area contributed by atoms with Crippen LogP contribution in [0.25, 0.3) is 11.3 Å². The molecule has 4 fully saturated rings. The zero-order valence-corrected chi connectivity index (χ0v) is 26.9. The van der Waals surface area contributed by atoms with Crippen LogP contribution in [0, 0.1) is 5.92 Å². The summed E-state index contributed by atoms with van der Waals surface area (Å²) in [5, 5.41) is 4.91. The summed E-state index contributed by atoms with van der Waals surface area (Å²) < 4.78 is 40.2. The molecule has 2 saturated carbocycles. The van der Waals surface area contributed by atoms with Crippen molar-refractivity contribution in [2.24, 2.45) is 5.92 Å². The number of anilines is 1. The lowest BCUT2D eigenvalue weighted by molar-refractivity contribution is 0.0122. The van der Waals surface area contributed by atoms with Crippen LogP contribution in [0.15, 0.2) is 47.0 Å². The van der Waals surface area contributed by atoms with Gasteiger partial charge in [-0.15, -0.1) is 0 Å². The van der Waals surface area contributed by atoms with Crippen molar-refractivity contribution in [2.75, 3.05) is 31.6 Å². The van der Waals surface area contributed by atoms with Crippen LogP contribution in [0.5, 0.6) is 0 Å². The molecule has 2 aromatic carbocycles. The van der Waals surface area contributed by atoms with E-state index in [1.54, 1.807) is 24.3 Å². The molecule has 1 amide bonds. The number of halogens is 2. The van der Waals surface area contributed by atoms with Crippen LogP contribution in [0.4, 0.5) is 5.69 Å². The number of hydrogen-bond acceptors (Lipinski definition) is 8. The molecule has 4 aliphatic rings. The Balaban J connectivity index is 0.977. The molecule has 2 aliphatic heterocycles. The van der Waals surface area contributed by atoms with Gasteiger partial charge in [0.25, 0.3) is 5.91 Å². The maximum Gasteiger partial charge on any atom is 0.264 e. The Kier molecular flexibility index (Phi) is 8.16. The van der Waals surface area contributed by atoms with Crippen molar-refractivity contribution in [1.82, 2.24) is 14.8 Å². The van der Waals surface area contributed by atoms with Gasteiger partial charge in [0.2, 0.25) is 10.0 Å². The molecule has 3 aromatic rings. The molecule has 2 bridgehead atoms. The highest BCUT2D eigenvalue weighted by Gasteiger charge is 2.46. The highest BCUT2D eigenvalue weighted by molar-refractivity contribution is 7.90. The van der Waals surface area contributed by atoms with Crippen LogP contribution in [-0.2, 0) is 21.4 Å². The fourth-order valence-electron chi connectivity index (χ4n) is 7.04. The summed E-state index contributed by atoms with van der Waals surface area (Å²) in [6, 6.07) is 13.0. The Labute approximate surface area is 267 Å². The van der Waals surface area contributed by atoms with Gasteiger partial charge in [0.1, 0.15) is 11.5 Å². The summed E-state index contributed by atoms with van der Waals surface area (Å²) >= 11 is 13.0. The van der Waals surface area contributed by atoms with Crippen LogP contribution in [0.2, 0.25) is 10.0 Å². The third kappa shape index (κ3) is 5.87. The standard InChI is InChI=1S/C32H36Cl2N4O5S/c1-37-13-11-24(12-14-37)44(40,41)36-32(39)20-7-9-22(10-8-20)38-17-21-15-23(38)16-28(21)42-18-25-30(35-43-31(25)19-5-6-19)29-26(33)3-2-4-27(29)34/h2-4,7-10,19,21,23-24,28H,5-6,11-18H2,1H3,(H,36,39)/t21-,23-,28+/m0/s1. The number of nitrogens with one attached hydrogen (secondary N) is 1. The smallest absolute Gasteiger partial charge is 0.264 e. The molecule has 2 saturated heterocycles. The van der Waals surface area contributed by atoms with Gasteiger partial charge in [0, 0.05) is 46.8 Å². The predicted octanol–water partition coefficient (Wildman–Crippen LogP) is 5.86. The van der Waals surface area contributed by atoms with Gasteiger partial charge in [0.15, 0.2) is 0 Å². The fraction of sp³-hybridized carbons (Fsp3) is 0.500. The summed E-state index contributed by atoms with van der Waals surface area (Å²) in [5.74, 6) is 1.04. The lowest BCUT2D eigenvalue weighted by Gasteiger charge is -2.33. The van der Waals surface area contributed by atoms with Crippen molar-refractivity contribution in [3.05, 3.63) is 69.4 Å². The highest BCUT2D eigenvalue weighted by atomic mass is 35.5. The third-order valence-electron chi connectivity index (χ3n) is 9.69. The molecule has 0 spiro atoms. The van der Waals surface area contributed by atoms with Crippen LogP contribution in [-0.4, -0.2) is 68.5 Å². The molecule has 44 heavy (non-hydrogen) atoms. The minimum Gasteiger partial charge on any atom is -0.373 e. The van der Waals surface area contributed by atoms with Gasteiger partial charge >= 0.3 is 0 Å². The average molecular weight is 660 g/mol. The van der Waals surface area contributed by atoms with Crippen molar-refractivity contribution in [1.29, 1.82) is 0 Å². The number of likely N-dealkylation sites (tertiary alicyclic amines) is 1. The number of nitrogens with zero attached hydrogens (tertiary/aromatic N) is 3. The zero-order valence-electron chi connectivity index (χ0n) is 24.5. The van der Waals surface area contributed by atoms with Gasteiger partial charge in [0.05, 0.1) is 28.0 Å². The van der Waals surface area contributed by atoms with E-state index < -0.39 is 21.2 Å². The first kappa shape index (κ1) is 30.0. The van der Waals surface area contributed by atoms with Crippen molar-refractivity contribution in [2.45, 2.75) is 68.4 Å². The number of hydrogen-bond donors (Lipinski definition) is 1. The molecule has 0 radical (unpaired) electrons. The maximum absolute atomic E-state index is 12.8. The van der Waals surface area contributed by atoms with E-state index in [2.05, 4.69) is 19.7 Å². The second-order valence-corrected chi connectivity index (χ2v) is 15.4. The van der Waals surface area contributed by atoms with Gasteiger partial charge in [-0.1, -0.05) is 34.4 Å². The molecular weight excluding hydrogens is 623 g/mol. The summed E-state index contributed by atoms with van der Waals surface area (Å²) in [5.41, 5.74) is 3.65. The number of aromatic nitrogens is 1. The van der Waals surface area contributed by atoms with Crippen molar-refractivity contribution < 1.29 is 22.5 Å². The van der Waals surface area contributed by atoms with Gasteiger partial charge in [-0.3, -0.25) is 4.79 Å². The molecule has 1 N–H and O–H groups in total. The Morgan fingerprint density at radius 3 is 2.39 bits per heavy atom. The molecule has 9 nitrogen and oxygen atoms in total. The molecule has 12 heteroatoms. The Hall–Kier alpha value is -2.63. The number of sulfonamides is 1. The SMILES string of the molecule is CN1CCC(S(=O)(=O)NC(=O)c2ccc(N3C[C@@H]4C[C@H]3C[C@H]4OCc3c(-c4c(Cl)cccc4Cl)noc3C3CC3)cc2)CC1. The van der Waals surface area contributed by atoms with E-state index in [1.807, 2.05) is 25.2 Å². The number of carbonyl (C=O) groups excluding carboxylic acids is 1. The minimum absolute atomic E-state index is 0.114. The van der Waals surface area contributed by atoms with Crippen LogP contribution >= 0.6 is 23.2 Å². The van der Waals surface area contributed by atoms with Crippen molar-refractivity contribution in [3.8, 4) is 11.3 Å². The number of benzene rings is 2. The number of carbonyl (C=O) groups is 1. The van der Waals surface area contributed by atoms with E-state index in [-0.39, 0.29) is 6.10 Å². The van der Waals surface area contributed by atoms with Crippen LogP contribution in [0.1, 0.15) is 66.1 Å². The van der Waals surface area contributed by atoms with E-state index in [9.17, 15) is 13.2 Å². The first-order chi connectivity index (χ1) is 21.2. The van der Waals surface area contributed by atoms with E-state index in [0.29, 0.717) is 77.3 Å². The van der Waals surface area contributed by atoms with Gasteiger partial charge < -0.3 is 19.1 Å². The van der Waals surface area contributed by atoms with E-state index in [0.717, 1.165) is 49.2 Å². The fourth-order valence-corrected chi connectivity index (χ4v) is 8.99. The molecule has 3 heterocycles. The summed E-state index contributed by atoms with van der Waals surface area (Å²) in [7, 11) is -1.74. The topological polar surface area (TPSA) is 105 Å². The predicted molar refractivity (Wildman–Crippen MR) is 170 cm³/mol. The molecule has 2 aliphatic carbocycles. The quantitative estimate of drug-likeness (QED) is 0.305. The third-order valence-corrected chi connectivity index (χ3v) is 12.1. The average Bonchev–Trinajstić information content (AvgIpc) is 3.45. The number of piperidine rings is 2. The van der Waals surface area contributed by atoms with Crippen LogP contribution in [0.3, 0.4) is 0 Å². The van der Waals surface area contributed by atoms with Crippen molar-refractivity contribution >= 4 is 44.8 Å². The molecule has 3 atom stereocenters. The molecule has 234 valence electrons. The van der Waals surface area contributed by atoms with Crippen molar-refractivity contribution in [3.63, 3.8) is 0 Å². The minimum atomic E-state index is -3.72. The lowest BCUT2D eigenvalue weighted by Crippen LogP contribution is -2.44. The summed E-state index contributed by atoms with van der Waals surface area (Å²) in [6.07, 6.45) is 5.25. The molecular formula is C32H36Cl2N4O5S. The first-order valence-electron chi connectivity index (χ1n) is 15.3. The summed E-state index contributed by atoms with van der Waals surface area (Å²) in [4.78, 5) is 17.3. The highest BCUT2D eigenvalue weighted by Crippen LogP contribution is 2.47. The number of rotatable bonds is 9. The second kappa shape index (κ2) is 11.9. The van der Waals surface area contributed by atoms with E-state index in [4.69, 9.17) is 32.5 Å². The normalized spacial score (nSPS) is 24.2. The maximum atomic E-state index is 12.8. The zero-order chi connectivity index (χ0) is 30.6. The van der Waals surface area contributed by atoms with Gasteiger partial charge in [-0.2, -0.15) is 0 Å². The first-order valence-corrected chi connectivity index (χ1v) is 17.6. The monoisotopic (exact) mass is 658 g/mol. The van der Waals surface area contributed by atoms with Gasteiger partial charge in [-0.25, -0.2) is 13.1 Å². The van der Waals surface area contributed by atoms with E-state index in [1.165, 1.54) is 0 Å². The molecule has 1 aromatic heterocycles. The largest absolute Gasteiger partial charge is 0.373 e. The Morgan fingerprint density at radius 1 is 1.05 bits per heavy atom. The number of ether oxygens (including phenoxy) is 1. The Bertz CT molecular complexity index is 1630. The lowest BCUT2D eigenvalue weighted by atomic mass is 10.0. The van der Waals surface area contributed by atoms with Gasteiger partial charge in [-0.05, 0) is 95.1 Å². The molecule has 7 rings (SSSR count). The Morgan fingerprint density at radius 2 is 1.75 bits per heavy atom. The summed E-state index contributed by atoms with van der Waals surface area (Å²) in [6.45, 7) is 2.66. The van der Waals surface area contributed by atoms with Crippen LogP contribution < -0.4 is 9.62 Å². The number of amides is 1. The number of fused-ring (bicyclic) bond motifs is 2.